The zero-order valence-corrected chi connectivity index (χ0v) is 12.8. The van der Waals surface area contributed by atoms with Crippen molar-refractivity contribution in [2.45, 2.75) is 24.5 Å². The largest absolute Gasteiger partial charge is 0.496 e. The third kappa shape index (κ3) is 3.64. The lowest BCUT2D eigenvalue weighted by Crippen LogP contribution is -1.96. The number of aryl methyl sites for hydroxylation is 1. The van der Waals surface area contributed by atoms with Gasteiger partial charge in [0.2, 0.25) is 0 Å². The molecule has 0 saturated carbocycles. The second-order valence-corrected chi connectivity index (χ2v) is 5.73. The van der Waals surface area contributed by atoms with E-state index in [2.05, 4.69) is 31.2 Å². The Balaban J connectivity index is 2.16. The molecule has 0 aromatic heterocycles. The lowest BCUT2D eigenvalue weighted by atomic mass is 10.1. The molecule has 0 bridgehead atoms. The minimum absolute atomic E-state index is 0.0780. The zero-order valence-electron chi connectivity index (χ0n) is 12.0. The molecule has 0 amide bonds. The lowest BCUT2D eigenvalue weighted by Gasteiger charge is -2.10. The van der Waals surface area contributed by atoms with E-state index < -0.39 is 0 Å². The van der Waals surface area contributed by atoms with Crippen molar-refractivity contribution in [3.8, 4) is 5.75 Å². The Morgan fingerprint density at radius 3 is 2.45 bits per heavy atom. The smallest absolute Gasteiger partial charge is 0.159 e. The first kappa shape index (κ1) is 14.7. The van der Waals surface area contributed by atoms with Crippen LogP contribution in [0.1, 0.15) is 28.4 Å². The molecule has 0 aliphatic carbocycles. The number of rotatable bonds is 5. The third-order valence-corrected chi connectivity index (χ3v) is 4.16. The topological polar surface area (TPSA) is 26.3 Å². The molecule has 2 aromatic carbocycles. The summed E-state index contributed by atoms with van der Waals surface area (Å²) >= 11 is 1.74. The maximum absolute atomic E-state index is 11.5. The van der Waals surface area contributed by atoms with Crippen LogP contribution in [0.2, 0.25) is 0 Å². The van der Waals surface area contributed by atoms with E-state index in [4.69, 9.17) is 4.74 Å². The summed E-state index contributed by atoms with van der Waals surface area (Å²) in [5, 5.41) is 0. The van der Waals surface area contributed by atoms with Gasteiger partial charge in [-0.25, -0.2) is 0 Å². The highest BCUT2D eigenvalue weighted by Gasteiger charge is 2.08. The number of Topliss-reactive ketones (excluding diaryl/α,β-unsaturated/α-hetero) is 1. The number of methoxy groups -OCH3 is 1. The van der Waals surface area contributed by atoms with Crippen molar-refractivity contribution in [3.63, 3.8) is 0 Å². The van der Waals surface area contributed by atoms with Gasteiger partial charge in [-0.1, -0.05) is 17.7 Å². The summed E-state index contributed by atoms with van der Waals surface area (Å²) in [6.45, 7) is 3.66. The monoisotopic (exact) mass is 286 g/mol. The second-order valence-electron chi connectivity index (χ2n) is 4.68. The average molecular weight is 286 g/mol. The van der Waals surface area contributed by atoms with Gasteiger partial charge in [0, 0.05) is 21.8 Å². The molecule has 0 aliphatic heterocycles. The van der Waals surface area contributed by atoms with Gasteiger partial charge in [-0.2, -0.15) is 0 Å². The van der Waals surface area contributed by atoms with Gasteiger partial charge in [0.1, 0.15) is 5.75 Å². The molecule has 0 fully saturated rings. The Hall–Kier alpha value is -1.74. The standard InChI is InChI=1S/C17H18O2S/c1-12-4-7-16(8-5-12)20-11-15-10-14(13(2)18)6-9-17(15)19-3/h4-10H,11H2,1-3H3. The van der Waals surface area contributed by atoms with Crippen molar-refractivity contribution in [1.82, 2.24) is 0 Å². The van der Waals surface area contributed by atoms with E-state index in [1.807, 2.05) is 12.1 Å². The summed E-state index contributed by atoms with van der Waals surface area (Å²) < 4.78 is 5.36. The number of hydrogen-bond acceptors (Lipinski definition) is 3. The van der Waals surface area contributed by atoms with Crippen LogP contribution >= 0.6 is 11.8 Å². The summed E-state index contributed by atoms with van der Waals surface area (Å²) in [5.74, 6) is 1.69. The zero-order chi connectivity index (χ0) is 14.5. The van der Waals surface area contributed by atoms with Crippen LogP contribution in [-0.2, 0) is 5.75 Å². The molecule has 2 rings (SSSR count). The van der Waals surface area contributed by atoms with Crippen LogP contribution in [0.5, 0.6) is 5.75 Å². The van der Waals surface area contributed by atoms with Gasteiger partial charge in [-0.05, 0) is 44.2 Å². The Morgan fingerprint density at radius 1 is 1.15 bits per heavy atom. The molecule has 3 heteroatoms. The molecule has 0 unspecified atom stereocenters. The Kier molecular flexibility index (Phi) is 4.85. The summed E-state index contributed by atoms with van der Waals surface area (Å²) in [5.41, 5.74) is 3.03. The van der Waals surface area contributed by atoms with Crippen LogP contribution in [0.25, 0.3) is 0 Å². The molecular weight excluding hydrogens is 268 g/mol. The molecule has 2 nitrogen and oxygen atoms in total. The maximum Gasteiger partial charge on any atom is 0.159 e. The van der Waals surface area contributed by atoms with Crippen molar-refractivity contribution in [1.29, 1.82) is 0 Å². The van der Waals surface area contributed by atoms with Crippen LogP contribution in [0, 0.1) is 6.92 Å². The maximum atomic E-state index is 11.5. The molecule has 0 radical (unpaired) electrons. The van der Waals surface area contributed by atoms with Gasteiger partial charge in [0.25, 0.3) is 0 Å². The van der Waals surface area contributed by atoms with Crippen molar-refractivity contribution < 1.29 is 9.53 Å². The number of benzene rings is 2. The number of carbonyl (C=O) groups is 1. The van der Waals surface area contributed by atoms with Gasteiger partial charge in [-0.15, -0.1) is 11.8 Å². The van der Waals surface area contributed by atoms with Gasteiger partial charge < -0.3 is 4.74 Å². The fourth-order valence-electron chi connectivity index (χ4n) is 1.91. The predicted octanol–water partition coefficient (Wildman–Crippen LogP) is 4.50. The van der Waals surface area contributed by atoms with E-state index in [0.717, 1.165) is 22.6 Å². The first-order chi connectivity index (χ1) is 9.60. The highest BCUT2D eigenvalue weighted by molar-refractivity contribution is 7.98. The van der Waals surface area contributed by atoms with Crippen molar-refractivity contribution in [2.75, 3.05) is 7.11 Å². The second kappa shape index (κ2) is 6.62. The fourth-order valence-corrected chi connectivity index (χ4v) is 2.78. The Morgan fingerprint density at radius 2 is 1.85 bits per heavy atom. The molecule has 0 N–H and O–H groups in total. The molecule has 2 aromatic rings. The predicted molar refractivity (Wildman–Crippen MR) is 83.7 cm³/mol. The van der Waals surface area contributed by atoms with Gasteiger partial charge in [0.05, 0.1) is 7.11 Å². The van der Waals surface area contributed by atoms with E-state index >= 15 is 0 Å². The molecule has 0 heterocycles. The Labute approximate surface area is 124 Å². The van der Waals surface area contributed by atoms with Crippen LogP contribution < -0.4 is 4.74 Å². The quantitative estimate of drug-likeness (QED) is 0.598. The van der Waals surface area contributed by atoms with Crippen molar-refractivity contribution >= 4 is 17.5 Å². The van der Waals surface area contributed by atoms with Crippen LogP contribution in [0.4, 0.5) is 0 Å². The normalized spacial score (nSPS) is 10.3. The van der Waals surface area contributed by atoms with Gasteiger partial charge in [-0.3, -0.25) is 4.79 Å². The van der Waals surface area contributed by atoms with Gasteiger partial charge >= 0.3 is 0 Å². The van der Waals surface area contributed by atoms with Crippen molar-refractivity contribution in [3.05, 3.63) is 59.2 Å². The van der Waals surface area contributed by atoms with Crippen LogP contribution in [0.3, 0.4) is 0 Å². The molecule has 0 spiro atoms. The van der Waals surface area contributed by atoms with Crippen LogP contribution in [0.15, 0.2) is 47.4 Å². The summed E-state index contributed by atoms with van der Waals surface area (Å²) in [6, 6.07) is 14.0. The highest BCUT2D eigenvalue weighted by Crippen LogP contribution is 2.29. The van der Waals surface area contributed by atoms with Crippen LogP contribution in [-0.4, -0.2) is 12.9 Å². The number of thioether (sulfide) groups is 1. The highest BCUT2D eigenvalue weighted by atomic mass is 32.2. The summed E-state index contributed by atoms with van der Waals surface area (Å²) in [7, 11) is 1.66. The average Bonchev–Trinajstić information content (AvgIpc) is 2.46. The number of carbonyl (C=O) groups excluding carboxylic acids is 1. The van der Waals surface area contributed by atoms with E-state index in [0.29, 0.717) is 0 Å². The third-order valence-electron chi connectivity index (χ3n) is 3.10. The lowest BCUT2D eigenvalue weighted by molar-refractivity contribution is 0.101. The molecule has 0 saturated heterocycles. The minimum Gasteiger partial charge on any atom is -0.496 e. The van der Waals surface area contributed by atoms with E-state index in [9.17, 15) is 4.79 Å². The molecule has 0 atom stereocenters. The van der Waals surface area contributed by atoms with E-state index in [1.165, 1.54) is 10.5 Å². The SMILES string of the molecule is COc1ccc(C(C)=O)cc1CSc1ccc(C)cc1. The first-order valence-corrected chi connectivity index (χ1v) is 7.46. The molecule has 20 heavy (non-hydrogen) atoms. The minimum atomic E-state index is 0.0780. The number of ketones is 1. The van der Waals surface area contributed by atoms with Gasteiger partial charge in [0.15, 0.2) is 5.78 Å². The molecule has 0 aliphatic rings. The molecular formula is C17H18O2S. The summed E-state index contributed by atoms with van der Waals surface area (Å²) in [4.78, 5) is 12.7. The summed E-state index contributed by atoms with van der Waals surface area (Å²) in [6.07, 6.45) is 0. The number of hydrogen-bond donors (Lipinski definition) is 0. The Bertz CT molecular complexity index is 603. The van der Waals surface area contributed by atoms with Crippen molar-refractivity contribution in [2.24, 2.45) is 0 Å². The first-order valence-electron chi connectivity index (χ1n) is 6.47. The van der Waals surface area contributed by atoms with E-state index in [-0.39, 0.29) is 5.78 Å². The number of ether oxygens (including phenoxy) is 1. The molecule has 104 valence electrons. The van der Waals surface area contributed by atoms with E-state index in [1.54, 1.807) is 31.9 Å². The fraction of sp³-hybridized carbons (Fsp3) is 0.235.